The van der Waals surface area contributed by atoms with Gasteiger partial charge in [-0.15, -0.1) is 6.58 Å². The van der Waals surface area contributed by atoms with Crippen molar-refractivity contribution in [1.29, 1.82) is 0 Å². The van der Waals surface area contributed by atoms with E-state index in [1.54, 1.807) is 6.08 Å². The standard InChI is InChI=1S/C11H19N3O2/c1-2-5-13-10(15)8-14-6-3-4-9(7-14)11(12)16/h2,9H,1,3-8H2,(H2,12,16)(H,13,15)/t9-/m1/s1. The molecule has 1 atom stereocenters. The van der Waals surface area contributed by atoms with E-state index in [1.165, 1.54) is 0 Å². The minimum atomic E-state index is -0.267. The first kappa shape index (κ1) is 12.7. The van der Waals surface area contributed by atoms with Crippen molar-refractivity contribution in [3.8, 4) is 0 Å². The minimum Gasteiger partial charge on any atom is -0.369 e. The molecular weight excluding hydrogens is 206 g/mol. The lowest BCUT2D eigenvalue weighted by molar-refractivity contribution is -0.126. The maximum absolute atomic E-state index is 11.4. The quantitative estimate of drug-likeness (QED) is 0.619. The molecule has 3 N–H and O–H groups in total. The van der Waals surface area contributed by atoms with E-state index in [4.69, 9.17) is 5.73 Å². The third-order valence-corrected chi connectivity index (χ3v) is 2.72. The van der Waals surface area contributed by atoms with Crippen LogP contribution < -0.4 is 11.1 Å². The number of hydrogen-bond acceptors (Lipinski definition) is 3. The monoisotopic (exact) mass is 225 g/mol. The van der Waals surface area contributed by atoms with Crippen molar-refractivity contribution in [3.05, 3.63) is 12.7 Å². The first-order valence-corrected chi connectivity index (χ1v) is 5.52. The number of amides is 2. The number of likely N-dealkylation sites (tertiary alicyclic amines) is 1. The van der Waals surface area contributed by atoms with Crippen LogP contribution in [0.15, 0.2) is 12.7 Å². The summed E-state index contributed by atoms with van der Waals surface area (Å²) in [6, 6.07) is 0. The second kappa shape index (κ2) is 6.27. The van der Waals surface area contributed by atoms with E-state index in [0.717, 1.165) is 19.4 Å². The van der Waals surface area contributed by atoms with Crippen molar-refractivity contribution in [2.75, 3.05) is 26.2 Å². The van der Waals surface area contributed by atoms with Gasteiger partial charge in [-0.05, 0) is 19.4 Å². The molecule has 5 nitrogen and oxygen atoms in total. The van der Waals surface area contributed by atoms with E-state index in [2.05, 4.69) is 11.9 Å². The van der Waals surface area contributed by atoms with Crippen LogP contribution in [-0.2, 0) is 9.59 Å². The molecule has 1 saturated heterocycles. The molecule has 2 amide bonds. The third-order valence-electron chi connectivity index (χ3n) is 2.72. The number of nitrogens with one attached hydrogen (secondary N) is 1. The zero-order valence-corrected chi connectivity index (χ0v) is 9.45. The molecule has 16 heavy (non-hydrogen) atoms. The van der Waals surface area contributed by atoms with Gasteiger partial charge in [-0.3, -0.25) is 14.5 Å². The van der Waals surface area contributed by atoms with Gasteiger partial charge in [0.2, 0.25) is 11.8 Å². The molecule has 0 unspecified atom stereocenters. The van der Waals surface area contributed by atoms with Gasteiger partial charge in [-0.1, -0.05) is 6.08 Å². The Morgan fingerprint density at radius 2 is 2.31 bits per heavy atom. The Labute approximate surface area is 95.7 Å². The first-order chi connectivity index (χ1) is 7.63. The van der Waals surface area contributed by atoms with Crippen LogP contribution in [0, 0.1) is 5.92 Å². The number of nitrogens with two attached hydrogens (primary N) is 1. The molecule has 0 aliphatic carbocycles. The lowest BCUT2D eigenvalue weighted by Crippen LogP contribution is -2.45. The van der Waals surface area contributed by atoms with Gasteiger partial charge in [0.1, 0.15) is 0 Å². The summed E-state index contributed by atoms with van der Waals surface area (Å²) in [5, 5.41) is 2.71. The predicted octanol–water partition coefficient (Wildman–Crippen LogP) is -0.514. The molecule has 0 aromatic heterocycles. The fraction of sp³-hybridized carbons (Fsp3) is 0.636. The molecular formula is C11H19N3O2. The van der Waals surface area contributed by atoms with Crippen LogP contribution in [0.5, 0.6) is 0 Å². The van der Waals surface area contributed by atoms with Gasteiger partial charge >= 0.3 is 0 Å². The molecule has 0 spiro atoms. The molecule has 1 fully saturated rings. The van der Waals surface area contributed by atoms with Crippen LogP contribution in [-0.4, -0.2) is 42.9 Å². The highest BCUT2D eigenvalue weighted by atomic mass is 16.2. The van der Waals surface area contributed by atoms with Crippen LogP contribution >= 0.6 is 0 Å². The minimum absolute atomic E-state index is 0.0370. The van der Waals surface area contributed by atoms with Gasteiger partial charge in [0.15, 0.2) is 0 Å². The number of piperidine rings is 1. The van der Waals surface area contributed by atoms with Gasteiger partial charge in [0, 0.05) is 13.1 Å². The molecule has 1 heterocycles. The summed E-state index contributed by atoms with van der Waals surface area (Å²) in [6.45, 7) is 5.78. The fourth-order valence-electron chi connectivity index (χ4n) is 1.88. The highest BCUT2D eigenvalue weighted by Gasteiger charge is 2.24. The predicted molar refractivity (Wildman–Crippen MR) is 61.6 cm³/mol. The number of carbonyl (C=O) groups is 2. The zero-order valence-electron chi connectivity index (χ0n) is 9.45. The molecule has 0 aromatic carbocycles. The van der Waals surface area contributed by atoms with E-state index in [-0.39, 0.29) is 17.7 Å². The largest absolute Gasteiger partial charge is 0.369 e. The van der Waals surface area contributed by atoms with Gasteiger partial charge in [0.05, 0.1) is 12.5 Å². The van der Waals surface area contributed by atoms with Crippen molar-refractivity contribution in [3.63, 3.8) is 0 Å². The van der Waals surface area contributed by atoms with Gasteiger partial charge in [0.25, 0.3) is 0 Å². The Balaban J connectivity index is 2.33. The lowest BCUT2D eigenvalue weighted by Gasteiger charge is -2.30. The van der Waals surface area contributed by atoms with Crippen LogP contribution in [0.25, 0.3) is 0 Å². The van der Waals surface area contributed by atoms with E-state index < -0.39 is 0 Å². The normalized spacial score (nSPS) is 21.4. The third kappa shape index (κ3) is 4.02. The second-order valence-electron chi connectivity index (χ2n) is 4.07. The Bertz CT molecular complexity index is 278. The van der Waals surface area contributed by atoms with Gasteiger partial charge in [-0.2, -0.15) is 0 Å². The summed E-state index contributed by atoms with van der Waals surface area (Å²) in [7, 11) is 0. The summed E-state index contributed by atoms with van der Waals surface area (Å²) >= 11 is 0. The van der Waals surface area contributed by atoms with E-state index in [9.17, 15) is 9.59 Å². The fourth-order valence-corrected chi connectivity index (χ4v) is 1.88. The van der Waals surface area contributed by atoms with Crippen molar-refractivity contribution in [1.82, 2.24) is 10.2 Å². The van der Waals surface area contributed by atoms with Crippen molar-refractivity contribution in [2.24, 2.45) is 11.7 Å². The topological polar surface area (TPSA) is 75.4 Å². The number of nitrogens with zero attached hydrogens (tertiary/aromatic N) is 1. The van der Waals surface area contributed by atoms with Crippen LogP contribution in [0.2, 0.25) is 0 Å². The molecule has 0 bridgehead atoms. The summed E-state index contributed by atoms with van der Waals surface area (Å²) in [6.07, 6.45) is 3.39. The molecule has 0 saturated carbocycles. The Hall–Kier alpha value is -1.36. The molecule has 5 heteroatoms. The molecule has 0 aromatic rings. The zero-order chi connectivity index (χ0) is 12.0. The maximum atomic E-state index is 11.4. The summed E-state index contributed by atoms with van der Waals surface area (Å²) in [5.74, 6) is -0.415. The van der Waals surface area contributed by atoms with Crippen LogP contribution in [0.4, 0.5) is 0 Å². The molecule has 1 rings (SSSR count). The molecule has 90 valence electrons. The van der Waals surface area contributed by atoms with E-state index >= 15 is 0 Å². The number of hydrogen-bond donors (Lipinski definition) is 2. The number of primary amides is 1. The van der Waals surface area contributed by atoms with E-state index in [0.29, 0.717) is 19.6 Å². The first-order valence-electron chi connectivity index (χ1n) is 5.52. The van der Waals surface area contributed by atoms with Crippen molar-refractivity contribution in [2.45, 2.75) is 12.8 Å². The van der Waals surface area contributed by atoms with Crippen molar-refractivity contribution >= 4 is 11.8 Å². The van der Waals surface area contributed by atoms with Gasteiger partial charge in [-0.25, -0.2) is 0 Å². The van der Waals surface area contributed by atoms with Crippen LogP contribution in [0.1, 0.15) is 12.8 Å². The highest BCUT2D eigenvalue weighted by Crippen LogP contribution is 2.15. The highest BCUT2D eigenvalue weighted by molar-refractivity contribution is 5.79. The summed E-state index contributed by atoms with van der Waals surface area (Å²) in [5.41, 5.74) is 5.26. The van der Waals surface area contributed by atoms with Crippen molar-refractivity contribution < 1.29 is 9.59 Å². The SMILES string of the molecule is C=CCNC(=O)CN1CCC[C@@H](C(N)=O)C1. The van der Waals surface area contributed by atoms with Crippen LogP contribution in [0.3, 0.4) is 0 Å². The lowest BCUT2D eigenvalue weighted by atomic mass is 9.97. The average Bonchev–Trinajstić information content (AvgIpc) is 2.26. The smallest absolute Gasteiger partial charge is 0.234 e. The van der Waals surface area contributed by atoms with Gasteiger partial charge < -0.3 is 11.1 Å². The molecule has 1 aliphatic heterocycles. The molecule has 0 radical (unpaired) electrons. The second-order valence-corrected chi connectivity index (χ2v) is 4.07. The Kier molecular flexibility index (Phi) is 4.98. The Morgan fingerprint density at radius 1 is 1.56 bits per heavy atom. The number of rotatable bonds is 5. The maximum Gasteiger partial charge on any atom is 0.234 e. The van der Waals surface area contributed by atoms with E-state index in [1.807, 2.05) is 4.90 Å². The summed E-state index contributed by atoms with van der Waals surface area (Å²) < 4.78 is 0. The number of carbonyl (C=O) groups excluding carboxylic acids is 2. The molecule has 1 aliphatic rings. The summed E-state index contributed by atoms with van der Waals surface area (Å²) in [4.78, 5) is 24.4. The Morgan fingerprint density at radius 3 is 2.94 bits per heavy atom. The average molecular weight is 225 g/mol.